The second kappa shape index (κ2) is 5.78. The van der Waals surface area contributed by atoms with E-state index in [0.29, 0.717) is 6.04 Å². The zero-order chi connectivity index (χ0) is 14.1. The Hall–Kier alpha value is -1.00. The van der Waals surface area contributed by atoms with Crippen molar-refractivity contribution in [3.05, 3.63) is 56.5 Å². The van der Waals surface area contributed by atoms with Gasteiger partial charge in [-0.1, -0.05) is 44.0 Å². The standard InChI is InChI=1S/C16H15Br2NO/c1-20-12-8-10(17)7-11(9-12)19-16-6-5-13-14(16)3-2-4-15(13)18/h2-4,7-9,16,19H,5-6H2,1H3. The van der Waals surface area contributed by atoms with Gasteiger partial charge in [0.25, 0.3) is 0 Å². The highest BCUT2D eigenvalue weighted by Crippen LogP contribution is 2.38. The first-order valence-corrected chi connectivity index (χ1v) is 8.14. The second-order valence-electron chi connectivity index (χ2n) is 4.92. The van der Waals surface area contributed by atoms with Crippen LogP contribution in [0, 0.1) is 0 Å². The van der Waals surface area contributed by atoms with Crippen LogP contribution >= 0.6 is 31.9 Å². The van der Waals surface area contributed by atoms with Gasteiger partial charge in [0, 0.05) is 20.7 Å². The van der Waals surface area contributed by atoms with Gasteiger partial charge >= 0.3 is 0 Å². The number of methoxy groups -OCH3 is 1. The predicted octanol–water partition coefficient (Wildman–Crippen LogP) is 5.32. The van der Waals surface area contributed by atoms with Crippen molar-refractivity contribution in [2.75, 3.05) is 12.4 Å². The fraction of sp³-hybridized carbons (Fsp3) is 0.250. The molecule has 0 fully saturated rings. The maximum atomic E-state index is 5.31. The Kier molecular flexibility index (Phi) is 4.03. The third-order valence-electron chi connectivity index (χ3n) is 3.66. The first kappa shape index (κ1) is 14.0. The van der Waals surface area contributed by atoms with Gasteiger partial charge in [-0.25, -0.2) is 0 Å². The Morgan fingerprint density at radius 1 is 1.20 bits per heavy atom. The molecule has 2 aromatic rings. The van der Waals surface area contributed by atoms with Gasteiger partial charge < -0.3 is 10.1 Å². The predicted molar refractivity (Wildman–Crippen MR) is 89.5 cm³/mol. The minimum absolute atomic E-state index is 0.363. The highest BCUT2D eigenvalue weighted by atomic mass is 79.9. The normalized spacial score (nSPS) is 16.9. The number of anilines is 1. The number of benzene rings is 2. The van der Waals surface area contributed by atoms with Crippen LogP contribution in [0.3, 0.4) is 0 Å². The van der Waals surface area contributed by atoms with E-state index >= 15 is 0 Å². The summed E-state index contributed by atoms with van der Waals surface area (Å²) in [6.07, 6.45) is 2.23. The Morgan fingerprint density at radius 2 is 2.05 bits per heavy atom. The third kappa shape index (κ3) is 2.72. The monoisotopic (exact) mass is 395 g/mol. The molecule has 1 unspecified atom stereocenters. The molecule has 104 valence electrons. The summed E-state index contributed by atoms with van der Waals surface area (Å²) in [7, 11) is 1.69. The molecule has 0 radical (unpaired) electrons. The molecule has 3 rings (SSSR count). The fourth-order valence-electron chi connectivity index (χ4n) is 2.72. The number of rotatable bonds is 3. The maximum absolute atomic E-state index is 5.31. The van der Waals surface area contributed by atoms with Gasteiger partial charge in [-0.3, -0.25) is 0 Å². The minimum Gasteiger partial charge on any atom is -0.497 e. The fourth-order valence-corrected chi connectivity index (χ4v) is 3.78. The average molecular weight is 397 g/mol. The average Bonchev–Trinajstić information content (AvgIpc) is 2.83. The van der Waals surface area contributed by atoms with Crippen LogP contribution in [0.4, 0.5) is 5.69 Å². The number of hydrogen-bond acceptors (Lipinski definition) is 2. The van der Waals surface area contributed by atoms with Gasteiger partial charge in [0.05, 0.1) is 13.2 Å². The zero-order valence-corrected chi connectivity index (χ0v) is 14.3. The molecule has 0 bridgehead atoms. The topological polar surface area (TPSA) is 21.3 Å². The smallest absolute Gasteiger partial charge is 0.122 e. The first-order chi connectivity index (χ1) is 9.67. The van der Waals surface area contributed by atoms with Gasteiger partial charge in [-0.05, 0) is 42.2 Å². The van der Waals surface area contributed by atoms with Crippen LogP contribution in [-0.4, -0.2) is 7.11 Å². The minimum atomic E-state index is 0.363. The number of fused-ring (bicyclic) bond motifs is 1. The molecule has 1 aliphatic rings. The van der Waals surface area contributed by atoms with Crippen molar-refractivity contribution in [2.24, 2.45) is 0 Å². The number of halogens is 2. The Morgan fingerprint density at radius 3 is 2.85 bits per heavy atom. The van der Waals surface area contributed by atoms with E-state index < -0.39 is 0 Å². The Balaban J connectivity index is 1.87. The lowest BCUT2D eigenvalue weighted by Gasteiger charge is -2.17. The lowest BCUT2D eigenvalue weighted by atomic mass is 10.1. The van der Waals surface area contributed by atoms with E-state index in [1.807, 2.05) is 12.1 Å². The number of ether oxygens (including phenoxy) is 1. The summed E-state index contributed by atoms with van der Waals surface area (Å²) in [5, 5.41) is 3.61. The molecule has 0 amide bonds. The van der Waals surface area contributed by atoms with Gasteiger partial charge in [0.2, 0.25) is 0 Å². The summed E-state index contributed by atoms with van der Waals surface area (Å²) < 4.78 is 7.55. The van der Waals surface area contributed by atoms with Crippen molar-refractivity contribution in [3.8, 4) is 5.75 Å². The zero-order valence-electron chi connectivity index (χ0n) is 11.1. The van der Waals surface area contributed by atoms with E-state index in [1.165, 1.54) is 15.6 Å². The molecule has 1 atom stereocenters. The maximum Gasteiger partial charge on any atom is 0.122 e. The largest absolute Gasteiger partial charge is 0.497 e. The van der Waals surface area contributed by atoms with Crippen LogP contribution in [0.2, 0.25) is 0 Å². The molecule has 0 aliphatic heterocycles. The van der Waals surface area contributed by atoms with E-state index in [9.17, 15) is 0 Å². The summed E-state index contributed by atoms with van der Waals surface area (Å²) in [4.78, 5) is 0. The Bertz CT molecular complexity index is 642. The van der Waals surface area contributed by atoms with Gasteiger partial charge in [0.1, 0.15) is 5.75 Å². The van der Waals surface area contributed by atoms with Crippen molar-refractivity contribution in [1.82, 2.24) is 0 Å². The molecule has 0 saturated heterocycles. The molecular formula is C16H15Br2NO. The van der Waals surface area contributed by atoms with E-state index in [-0.39, 0.29) is 0 Å². The van der Waals surface area contributed by atoms with E-state index in [4.69, 9.17) is 4.74 Å². The van der Waals surface area contributed by atoms with E-state index in [1.54, 1.807) is 7.11 Å². The molecule has 0 spiro atoms. The van der Waals surface area contributed by atoms with Crippen LogP contribution in [0.1, 0.15) is 23.6 Å². The van der Waals surface area contributed by atoms with Crippen LogP contribution in [0.5, 0.6) is 5.75 Å². The SMILES string of the molecule is COc1cc(Br)cc(NC2CCc3c(Br)cccc32)c1. The van der Waals surface area contributed by atoms with Gasteiger partial charge in [-0.2, -0.15) is 0 Å². The van der Waals surface area contributed by atoms with Crippen molar-refractivity contribution in [2.45, 2.75) is 18.9 Å². The second-order valence-corrected chi connectivity index (χ2v) is 6.69. The molecular weight excluding hydrogens is 382 g/mol. The summed E-state index contributed by atoms with van der Waals surface area (Å²) in [5.74, 6) is 0.856. The third-order valence-corrected chi connectivity index (χ3v) is 4.86. The summed E-state index contributed by atoms with van der Waals surface area (Å²) >= 11 is 7.16. The molecule has 1 aliphatic carbocycles. The van der Waals surface area contributed by atoms with Crippen molar-refractivity contribution in [3.63, 3.8) is 0 Å². The first-order valence-electron chi connectivity index (χ1n) is 6.56. The molecule has 2 aromatic carbocycles. The molecule has 20 heavy (non-hydrogen) atoms. The number of hydrogen-bond donors (Lipinski definition) is 1. The molecule has 0 saturated carbocycles. The Labute approximate surface area is 135 Å². The lowest BCUT2D eigenvalue weighted by Crippen LogP contribution is -2.07. The van der Waals surface area contributed by atoms with E-state index in [0.717, 1.165) is 28.8 Å². The summed E-state index contributed by atoms with van der Waals surface area (Å²) in [5.41, 5.74) is 3.89. The lowest BCUT2D eigenvalue weighted by molar-refractivity contribution is 0.414. The van der Waals surface area contributed by atoms with Crippen molar-refractivity contribution >= 4 is 37.5 Å². The number of nitrogens with one attached hydrogen (secondary N) is 1. The van der Waals surface area contributed by atoms with Crippen LogP contribution in [0.25, 0.3) is 0 Å². The molecule has 2 nitrogen and oxygen atoms in total. The summed E-state index contributed by atoms with van der Waals surface area (Å²) in [6, 6.07) is 12.9. The molecule has 4 heteroatoms. The summed E-state index contributed by atoms with van der Waals surface area (Å²) in [6.45, 7) is 0. The van der Waals surface area contributed by atoms with Crippen LogP contribution < -0.4 is 10.1 Å². The van der Waals surface area contributed by atoms with Crippen molar-refractivity contribution in [1.29, 1.82) is 0 Å². The van der Waals surface area contributed by atoms with Crippen LogP contribution in [-0.2, 0) is 6.42 Å². The van der Waals surface area contributed by atoms with Gasteiger partial charge in [0.15, 0.2) is 0 Å². The highest BCUT2D eigenvalue weighted by Gasteiger charge is 2.23. The van der Waals surface area contributed by atoms with Gasteiger partial charge in [-0.15, -0.1) is 0 Å². The highest BCUT2D eigenvalue weighted by molar-refractivity contribution is 9.10. The van der Waals surface area contributed by atoms with E-state index in [2.05, 4.69) is 61.4 Å². The van der Waals surface area contributed by atoms with Crippen molar-refractivity contribution < 1.29 is 4.74 Å². The van der Waals surface area contributed by atoms with Crippen LogP contribution in [0.15, 0.2) is 45.3 Å². The molecule has 0 heterocycles. The molecule has 1 N–H and O–H groups in total. The quantitative estimate of drug-likeness (QED) is 0.757. The molecule has 0 aromatic heterocycles.